The van der Waals surface area contributed by atoms with Crippen molar-refractivity contribution in [2.24, 2.45) is 5.10 Å². The van der Waals surface area contributed by atoms with Gasteiger partial charge in [0, 0.05) is 11.3 Å². The van der Waals surface area contributed by atoms with Gasteiger partial charge in [-0.1, -0.05) is 30.3 Å². The van der Waals surface area contributed by atoms with Gasteiger partial charge in [0.05, 0.1) is 12.8 Å². The van der Waals surface area contributed by atoms with Crippen LogP contribution >= 0.6 is 0 Å². The fourth-order valence-electron chi connectivity index (χ4n) is 2.81. The molecule has 0 spiro atoms. The Balaban J connectivity index is 1.63. The maximum absolute atomic E-state index is 12.3. The monoisotopic (exact) mass is 377 g/mol. The number of aromatic hydroxyl groups is 1. The van der Waals surface area contributed by atoms with Crippen LogP contribution in [0.5, 0.6) is 11.5 Å². The van der Waals surface area contributed by atoms with Gasteiger partial charge in [-0.15, -0.1) is 0 Å². The van der Waals surface area contributed by atoms with E-state index >= 15 is 0 Å². The summed E-state index contributed by atoms with van der Waals surface area (Å²) in [7, 11) is 0. The summed E-state index contributed by atoms with van der Waals surface area (Å²) in [6, 6.07) is 18.0. The maximum Gasteiger partial charge on any atom is 0.262 e. The lowest BCUT2D eigenvalue weighted by Crippen LogP contribution is -2.34. The van der Waals surface area contributed by atoms with Gasteiger partial charge in [0.1, 0.15) is 17.5 Å². The smallest absolute Gasteiger partial charge is 0.262 e. The van der Waals surface area contributed by atoms with Crippen molar-refractivity contribution in [3.05, 3.63) is 66.2 Å². The van der Waals surface area contributed by atoms with Gasteiger partial charge in [-0.25, -0.2) is 5.43 Å². The second-order valence-electron chi connectivity index (χ2n) is 6.28. The van der Waals surface area contributed by atoms with E-state index in [-0.39, 0.29) is 11.7 Å². The van der Waals surface area contributed by atoms with E-state index in [1.165, 1.54) is 6.21 Å². The SMILES string of the molecule is CCOc1ccc(N[C@@H](C)C(=O)N/N=C\c2c(O)ccc3ccccc23)cc1. The summed E-state index contributed by atoms with van der Waals surface area (Å²) in [6.45, 7) is 4.28. The highest BCUT2D eigenvalue weighted by molar-refractivity contribution is 6.02. The Labute approximate surface area is 163 Å². The molecule has 0 aliphatic heterocycles. The van der Waals surface area contributed by atoms with E-state index in [4.69, 9.17) is 4.74 Å². The first-order valence-corrected chi connectivity index (χ1v) is 9.11. The molecule has 0 radical (unpaired) electrons. The third kappa shape index (κ3) is 4.59. The summed E-state index contributed by atoms with van der Waals surface area (Å²) < 4.78 is 5.40. The number of anilines is 1. The Kier molecular flexibility index (Phi) is 6.11. The molecule has 3 aromatic carbocycles. The van der Waals surface area contributed by atoms with E-state index in [0.717, 1.165) is 22.2 Å². The summed E-state index contributed by atoms with van der Waals surface area (Å²) >= 11 is 0. The minimum atomic E-state index is -0.490. The van der Waals surface area contributed by atoms with E-state index < -0.39 is 6.04 Å². The van der Waals surface area contributed by atoms with Crippen LogP contribution in [0.4, 0.5) is 5.69 Å². The number of phenols is 1. The van der Waals surface area contributed by atoms with Crippen molar-refractivity contribution < 1.29 is 14.6 Å². The molecule has 6 nitrogen and oxygen atoms in total. The second kappa shape index (κ2) is 8.90. The molecule has 1 amide bonds. The molecule has 3 N–H and O–H groups in total. The maximum atomic E-state index is 12.3. The number of amides is 1. The zero-order valence-corrected chi connectivity index (χ0v) is 15.8. The van der Waals surface area contributed by atoms with Crippen LogP contribution in [0.25, 0.3) is 10.8 Å². The Bertz CT molecular complexity index is 984. The van der Waals surface area contributed by atoms with E-state index in [9.17, 15) is 9.90 Å². The minimum absolute atomic E-state index is 0.109. The number of hydrazone groups is 1. The Hall–Kier alpha value is -3.54. The normalized spacial score (nSPS) is 12.1. The molecular formula is C22H23N3O3. The van der Waals surface area contributed by atoms with Crippen LogP contribution in [0.3, 0.4) is 0 Å². The standard InChI is InChI=1S/C22H23N3O3/c1-3-28-18-11-9-17(10-12-18)24-15(2)22(27)25-23-14-20-19-7-5-4-6-16(19)8-13-21(20)26/h4-15,24,26H,3H2,1-2H3,(H,25,27)/b23-14-/t15-/m0/s1. The first-order valence-electron chi connectivity index (χ1n) is 9.11. The molecule has 0 aromatic heterocycles. The van der Waals surface area contributed by atoms with Gasteiger partial charge in [0.25, 0.3) is 5.91 Å². The molecule has 0 unspecified atom stereocenters. The van der Waals surface area contributed by atoms with Gasteiger partial charge in [-0.3, -0.25) is 4.79 Å². The number of fused-ring (bicyclic) bond motifs is 1. The number of rotatable bonds is 7. The largest absolute Gasteiger partial charge is 0.507 e. The van der Waals surface area contributed by atoms with Crippen molar-refractivity contribution in [1.82, 2.24) is 5.43 Å². The number of benzene rings is 3. The van der Waals surface area contributed by atoms with Crippen molar-refractivity contribution in [3.63, 3.8) is 0 Å². The van der Waals surface area contributed by atoms with Crippen LogP contribution in [0, 0.1) is 0 Å². The Morgan fingerprint density at radius 2 is 1.89 bits per heavy atom. The Morgan fingerprint density at radius 3 is 2.64 bits per heavy atom. The number of carbonyl (C=O) groups excluding carboxylic acids is 1. The summed E-state index contributed by atoms with van der Waals surface area (Å²) in [5.41, 5.74) is 3.87. The fourth-order valence-corrected chi connectivity index (χ4v) is 2.81. The zero-order chi connectivity index (χ0) is 19.9. The van der Waals surface area contributed by atoms with Gasteiger partial charge >= 0.3 is 0 Å². The number of nitrogens with zero attached hydrogens (tertiary/aromatic N) is 1. The fraction of sp³-hybridized carbons (Fsp3) is 0.182. The number of ether oxygens (including phenoxy) is 1. The first-order chi connectivity index (χ1) is 13.6. The van der Waals surface area contributed by atoms with Crippen LogP contribution in [0.1, 0.15) is 19.4 Å². The third-order valence-corrected chi connectivity index (χ3v) is 4.26. The molecule has 0 heterocycles. The van der Waals surface area contributed by atoms with Crippen LogP contribution in [0.15, 0.2) is 65.8 Å². The summed E-state index contributed by atoms with van der Waals surface area (Å²) in [5.74, 6) is 0.603. The highest BCUT2D eigenvalue weighted by Gasteiger charge is 2.12. The zero-order valence-electron chi connectivity index (χ0n) is 15.8. The molecule has 6 heteroatoms. The quantitative estimate of drug-likeness (QED) is 0.431. The molecule has 0 saturated carbocycles. The van der Waals surface area contributed by atoms with E-state index in [1.807, 2.05) is 61.5 Å². The molecule has 1 atom stereocenters. The van der Waals surface area contributed by atoms with Gasteiger partial charge in [0.15, 0.2) is 0 Å². The van der Waals surface area contributed by atoms with E-state index in [1.54, 1.807) is 13.0 Å². The molecule has 3 aromatic rings. The number of nitrogens with one attached hydrogen (secondary N) is 2. The van der Waals surface area contributed by atoms with Crippen molar-refractivity contribution in [2.75, 3.05) is 11.9 Å². The molecular weight excluding hydrogens is 354 g/mol. The second-order valence-corrected chi connectivity index (χ2v) is 6.28. The summed E-state index contributed by atoms with van der Waals surface area (Å²) in [5, 5.41) is 19.1. The highest BCUT2D eigenvalue weighted by atomic mass is 16.5. The van der Waals surface area contributed by atoms with Gasteiger partial charge in [0.2, 0.25) is 0 Å². The van der Waals surface area contributed by atoms with Crippen LogP contribution in [-0.4, -0.2) is 29.9 Å². The summed E-state index contributed by atoms with van der Waals surface area (Å²) in [6.07, 6.45) is 1.46. The predicted octanol–water partition coefficient (Wildman–Crippen LogP) is 3.89. The predicted molar refractivity (Wildman–Crippen MR) is 112 cm³/mol. The molecule has 0 bridgehead atoms. The van der Waals surface area contributed by atoms with E-state index in [2.05, 4.69) is 15.8 Å². The molecule has 0 aliphatic carbocycles. The van der Waals surface area contributed by atoms with Crippen LogP contribution in [0.2, 0.25) is 0 Å². The van der Waals surface area contributed by atoms with Crippen LogP contribution < -0.4 is 15.5 Å². The van der Waals surface area contributed by atoms with Crippen molar-refractivity contribution in [3.8, 4) is 11.5 Å². The van der Waals surface area contributed by atoms with Crippen LogP contribution in [-0.2, 0) is 4.79 Å². The van der Waals surface area contributed by atoms with Gasteiger partial charge in [-0.05, 0) is 55.0 Å². The molecule has 0 aliphatic rings. The Morgan fingerprint density at radius 1 is 1.14 bits per heavy atom. The minimum Gasteiger partial charge on any atom is -0.507 e. The number of hydrogen-bond donors (Lipinski definition) is 3. The topological polar surface area (TPSA) is 83.0 Å². The number of phenolic OH excluding ortho intramolecular Hbond substituents is 1. The van der Waals surface area contributed by atoms with Gasteiger partial charge < -0.3 is 15.2 Å². The van der Waals surface area contributed by atoms with E-state index in [0.29, 0.717) is 12.2 Å². The molecule has 0 saturated heterocycles. The number of hydrogen-bond acceptors (Lipinski definition) is 5. The highest BCUT2D eigenvalue weighted by Crippen LogP contribution is 2.25. The number of carbonyl (C=O) groups is 1. The average Bonchev–Trinajstić information content (AvgIpc) is 2.71. The molecule has 0 fully saturated rings. The van der Waals surface area contributed by atoms with Crippen molar-refractivity contribution >= 4 is 28.6 Å². The molecule has 28 heavy (non-hydrogen) atoms. The third-order valence-electron chi connectivity index (χ3n) is 4.26. The van der Waals surface area contributed by atoms with Gasteiger partial charge in [-0.2, -0.15) is 5.10 Å². The lowest BCUT2D eigenvalue weighted by atomic mass is 10.0. The first kappa shape index (κ1) is 19.2. The lowest BCUT2D eigenvalue weighted by Gasteiger charge is -2.14. The molecule has 144 valence electrons. The average molecular weight is 377 g/mol. The lowest BCUT2D eigenvalue weighted by molar-refractivity contribution is -0.121. The van der Waals surface area contributed by atoms with Crippen molar-refractivity contribution in [1.29, 1.82) is 0 Å². The van der Waals surface area contributed by atoms with Crippen molar-refractivity contribution in [2.45, 2.75) is 19.9 Å². The summed E-state index contributed by atoms with van der Waals surface area (Å²) in [4.78, 5) is 12.3. The molecule has 3 rings (SSSR count).